The average molecular weight is 295 g/mol. The molecule has 0 aliphatic heterocycles. The fraction of sp³-hybridized carbons (Fsp3) is 0.533. The van der Waals surface area contributed by atoms with E-state index in [1.807, 2.05) is 26.8 Å². The molecule has 0 radical (unpaired) electrons. The summed E-state index contributed by atoms with van der Waals surface area (Å²) >= 11 is 0. The van der Waals surface area contributed by atoms with Crippen molar-refractivity contribution in [2.45, 2.75) is 32.9 Å². The third kappa shape index (κ3) is 6.46. The predicted molar refractivity (Wildman–Crippen MR) is 83.9 cm³/mol. The van der Waals surface area contributed by atoms with Crippen LogP contribution < -0.4 is 20.7 Å². The van der Waals surface area contributed by atoms with Crippen molar-refractivity contribution in [3.05, 3.63) is 23.8 Å². The number of urea groups is 1. The maximum atomic E-state index is 11.2. The molecule has 4 N–H and O–H groups in total. The largest absolute Gasteiger partial charge is 0.491 e. The minimum Gasteiger partial charge on any atom is -0.491 e. The number of aliphatic hydroxyl groups is 1. The Morgan fingerprint density at radius 2 is 2.10 bits per heavy atom. The molecule has 1 unspecified atom stereocenters. The Labute approximate surface area is 125 Å². The molecule has 1 aromatic rings. The van der Waals surface area contributed by atoms with Crippen LogP contribution in [0.3, 0.4) is 0 Å². The van der Waals surface area contributed by atoms with Crippen molar-refractivity contribution in [2.24, 2.45) is 0 Å². The van der Waals surface area contributed by atoms with Gasteiger partial charge in [0.05, 0.1) is 0 Å². The van der Waals surface area contributed by atoms with Crippen molar-refractivity contribution in [1.29, 1.82) is 0 Å². The summed E-state index contributed by atoms with van der Waals surface area (Å²) in [7, 11) is 1.56. The molecular formula is C15H25N3O3. The van der Waals surface area contributed by atoms with Gasteiger partial charge in [-0.2, -0.15) is 0 Å². The number of hydrogen-bond donors (Lipinski definition) is 4. The van der Waals surface area contributed by atoms with Crippen LogP contribution in [0.15, 0.2) is 18.2 Å². The minimum atomic E-state index is -0.560. The Hall–Kier alpha value is -1.79. The summed E-state index contributed by atoms with van der Waals surface area (Å²) in [4.78, 5) is 11.2. The van der Waals surface area contributed by atoms with E-state index in [-0.39, 0.29) is 12.6 Å². The van der Waals surface area contributed by atoms with Crippen LogP contribution in [0.1, 0.15) is 19.4 Å². The fourth-order valence-corrected chi connectivity index (χ4v) is 1.70. The highest BCUT2D eigenvalue weighted by Gasteiger charge is 2.08. The molecule has 0 aromatic heterocycles. The first-order valence-electron chi connectivity index (χ1n) is 7.06. The lowest BCUT2D eigenvalue weighted by molar-refractivity contribution is 0.104. The molecule has 1 aromatic carbocycles. The zero-order valence-electron chi connectivity index (χ0n) is 13.1. The summed E-state index contributed by atoms with van der Waals surface area (Å²) in [5.74, 6) is 0.695. The number of nitrogens with one attached hydrogen (secondary N) is 3. The van der Waals surface area contributed by atoms with Gasteiger partial charge in [0.1, 0.15) is 18.5 Å². The molecule has 0 heterocycles. The predicted octanol–water partition coefficient (Wildman–Crippen LogP) is 1.48. The van der Waals surface area contributed by atoms with Gasteiger partial charge in [-0.25, -0.2) is 4.79 Å². The zero-order valence-corrected chi connectivity index (χ0v) is 13.1. The van der Waals surface area contributed by atoms with Crippen LogP contribution >= 0.6 is 0 Å². The summed E-state index contributed by atoms with van der Waals surface area (Å²) < 4.78 is 5.60. The highest BCUT2D eigenvalue weighted by Crippen LogP contribution is 2.22. The van der Waals surface area contributed by atoms with Crippen LogP contribution in [0.25, 0.3) is 0 Å². The van der Waals surface area contributed by atoms with Gasteiger partial charge in [-0.15, -0.1) is 0 Å². The maximum Gasteiger partial charge on any atom is 0.318 e. The van der Waals surface area contributed by atoms with Gasteiger partial charge < -0.3 is 25.8 Å². The third-order valence-corrected chi connectivity index (χ3v) is 2.85. The molecule has 0 aliphatic rings. The number of aryl methyl sites for hydroxylation is 1. The summed E-state index contributed by atoms with van der Waals surface area (Å²) in [6, 6.07) is 5.43. The second-order valence-corrected chi connectivity index (χ2v) is 5.21. The topological polar surface area (TPSA) is 82.6 Å². The molecule has 2 amide bonds. The van der Waals surface area contributed by atoms with E-state index in [4.69, 9.17) is 4.74 Å². The standard InChI is InChI=1S/C15H25N3O3/c1-10(2)17-8-13(19)9-21-14-6-5-12(7-11(14)3)18-15(20)16-4/h5-7,10,13,17,19H,8-9H2,1-4H3,(H2,16,18,20). The quantitative estimate of drug-likeness (QED) is 0.614. The number of rotatable bonds is 7. The van der Waals surface area contributed by atoms with Crippen LogP contribution in [0.5, 0.6) is 5.75 Å². The molecule has 118 valence electrons. The molecule has 6 nitrogen and oxygen atoms in total. The van der Waals surface area contributed by atoms with Crippen molar-refractivity contribution in [1.82, 2.24) is 10.6 Å². The van der Waals surface area contributed by atoms with E-state index in [0.717, 1.165) is 5.56 Å². The molecule has 1 atom stereocenters. The zero-order chi connectivity index (χ0) is 15.8. The van der Waals surface area contributed by atoms with Gasteiger partial charge in [0, 0.05) is 25.3 Å². The fourth-order valence-electron chi connectivity index (χ4n) is 1.70. The Morgan fingerprint density at radius 3 is 2.67 bits per heavy atom. The molecule has 21 heavy (non-hydrogen) atoms. The van der Waals surface area contributed by atoms with Crippen molar-refractivity contribution < 1.29 is 14.6 Å². The highest BCUT2D eigenvalue weighted by molar-refractivity contribution is 5.89. The lowest BCUT2D eigenvalue weighted by Crippen LogP contribution is -2.35. The van der Waals surface area contributed by atoms with Crippen LogP contribution in [-0.4, -0.2) is 43.5 Å². The first-order chi connectivity index (χ1) is 9.92. The third-order valence-electron chi connectivity index (χ3n) is 2.85. The Balaban J connectivity index is 2.50. The molecule has 1 rings (SSSR count). The van der Waals surface area contributed by atoms with Gasteiger partial charge in [0.15, 0.2) is 0 Å². The molecule has 0 saturated heterocycles. The number of amides is 2. The second kappa shape index (κ2) is 8.49. The first kappa shape index (κ1) is 17.3. The highest BCUT2D eigenvalue weighted by atomic mass is 16.5. The van der Waals surface area contributed by atoms with Crippen LogP contribution in [0.4, 0.5) is 10.5 Å². The van der Waals surface area contributed by atoms with Crippen molar-refractivity contribution in [3.8, 4) is 5.75 Å². The number of aliphatic hydroxyl groups excluding tert-OH is 1. The summed E-state index contributed by atoms with van der Waals surface area (Å²) in [5.41, 5.74) is 1.59. The molecule has 0 saturated carbocycles. The maximum absolute atomic E-state index is 11.2. The normalized spacial score (nSPS) is 12.1. The van der Waals surface area contributed by atoms with E-state index < -0.39 is 6.10 Å². The van der Waals surface area contributed by atoms with E-state index in [2.05, 4.69) is 16.0 Å². The van der Waals surface area contributed by atoms with E-state index in [1.165, 1.54) is 0 Å². The van der Waals surface area contributed by atoms with Crippen LogP contribution in [0, 0.1) is 6.92 Å². The van der Waals surface area contributed by atoms with E-state index in [9.17, 15) is 9.90 Å². The number of hydrogen-bond acceptors (Lipinski definition) is 4. The lowest BCUT2D eigenvalue weighted by atomic mass is 10.2. The van der Waals surface area contributed by atoms with Crippen LogP contribution in [0.2, 0.25) is 0 Å². The summed E-state index contributed by atoms with van der Waals surface area (Å²) in [6.07, 6.45) is -0.560. The number of ether oxygens (including phenoxy) is 1. The Bertz CT molecular complexity index is 463. The monoisotopic (exact) mass is 295 g/mol. The molecule has 0 bridgehead atoms. The smallest absolute Gasteiger partial charge is 0.318 e. The number of anilines is 1. The van der Waals surface area contributed by atoms with Crippen molar-refractivity contribution >= 4 is 11.7 Å². The SMILES string of the molecule is CNC(=O)Nc1ccc(OCC(O)CNC(C)C)c(C)c1. The summed E-state index contributed by atoms with van der Waals surface area (Å²) in [5, 5.41) is 18.1. The molecule has 0 spiro atoms. The van der Waals surface area contributed by atoms with E-state index in [1.54, 1.807) is 19.2 Å². The van der Waals surface area contributed by atoms with Gasteiger partial charge in [-0.1, -0.05) is 13.8 Å². The van der Waals surface area contributed by atoms with Gasteiger partial charge in [-0.05, 0) is 30.7 Å². The first-order valence-corrected chi connectivity index (χ1v) is 7.06. The molecule has 6 heteroatoms. The van der Waals surface area contributed by atoms with E-state index >= 15 is 0 Å². The van der Waals surface area contributed by atoms with Gasteiger partial charge in [0.25, 0.3) is 0 Å². The lowest BCUT2D eigenvalue weighted by Gasteiger charge is -2.16. The van der Waals surface area contributed by atoms with Crippen LogP contribution in [-0.2, 0) is 0 Å². The molecule has 0 fully saturated rings. The van der Waals surface area contributed by atoms with Crippen molar-refractivity contribution in [2.75, 3.05) is 25.5 Å². The summed E-state index contributed by atoms with van der Waals surface area (Å²) in [6.45, 7) is 6.66. The minimum absolute atomic E-state index is 0.225. The average Bonchev–Trinajstić information content (AvgIpc) is 2.44. The van der Waals surface area contributed by atoms with Gasteiger partial charge >= 0.3 is 6.03 Å². The number of carbonyl (C=O) groups is 1. The number of carbonyl (C=O) groups excluding carboxylic acids is 1. The van der Waals surface area contributed by atoms with E-state index in [0.29, 0.717) is 24.0 Å². The molecular weight excluding hydrogens is 270 g/mol. The number of benzene rings is 1. The van der Waals surface area contributed by atoms with Gasteiger partial charge in [-0.3, -0.25) is 0 Å². The second-order valence-electron chi connectivity index (χ2n) is 5.21. The van der Waals surface area contributed by atoms with Crippen molar-refractivity contribution in [3.63, 3.8) is 0 Å². The van der Waals surface area contributed by atoms with Gasteiger partial charge in [0.2, 0.25) is 0 Å². The molecule has 0 aliphatic carbocycles. The Kier molecular flexibility index (Phi) is 6.98. The Morgan fingerprint density at radius 1 is 1.38 bits per heavy atom.